The van der Waals surface area contributed by atoms with E-state index in [4.69, 9.17) is 4.74 Å². The Morgan fingerprint density at radius 3 is 2.32 bits per heavy atom. The molecule has 2 aromatic carbocycles. The molecular formula is C20H23BrN2O4S. The molecule has 0 aromatic heterocycles. The van der Waals surface area contributed by atoms with Crippen LogP contribution in [0.3, 0.4) is 0 Å². The Balaban J connectivity index is 1.74. The van der Waals surface area contributed by atoms with E-state index in [0.717, 1.165) is 11.1 Å². The number of aryl methyl sites for hydroxylation is 2. The summed E-state index contributed by atoms with van der Waals surface area (Å²) in [5.74, 6) is 0.456. The number of ether oxygens (including phenoxy) is 1. The summed E-state index contributed by atoms with van der Waals surface area (Å²) < 4.78 is 33.3. The summed E-state index contributed by atoms with van der Waals surface area (Å²) in [7, 11) is -2.03. The maximum Gasteiger partial charge on any atom is 0.255 e. The van der Waals surface area contributed by atoms with Gasteiger partial charge in [0.25, 0.3) is 5.91 Å². The summed E-state index contributed by atoms with van der Waals surface area (Å²) in [5, 5.41) is 0. The Labute approximate surface area is 174 Å². The fourth-order valence-electron chi connectivity index (χ4n) is 3.32. The highest BCUT2D eigenvalue weighted by molar-refractivity contribution is 9.10. The van der Waals surface area contributed by atoms with Gasteiger partial charge in [-0.15, -0.1) is 0 Å². The molecule has 8 heteroatoms. The number of carbonyl (C=O) groups excluding carboxylic acids is 1. The van der Waals surface area contributed by atoms with Crippen LogP contribution in [0.25, 0.3) is 0 Å². The quantitative estimate of drug-likeness (QED) is 0.693. The molecule has 150 valence electrons. The smallest absolute Gasteiger partial charge is 0.255 e. The van der Waals surface area contributed by atoms with Gasteiger partial charge in [-0.25, -0.2) is 8.42 Å². The molecule has 0 saturated carbocycles. The lowest BCUT2D eigenvalue weighted by Gasteiger charge is -2.34. The second-order valence-electron chi connectivity index (χ2n) is 6.81. The van der Waals surface area contributed by atoms with Crippen LogP contribution in [0, 0.1) is 13.8 Å². The van der Waals surface area contributed by atoms with Crippen molar-refractivity contribution in [3.8, 4) is 5.75 Å². The van der Waals surface area contributed by atoms with Crippen LogP contribution in [-0.2, 0) is 10.0 Å². The number of amides is 1. The summed E-state index contributed by atoms with van der Waals surface area (Å²) in [6, 6.07) is 10.6. The number of nitrogens with zero attached hydrogens (tertiary/aromatic N) is 2. The zero-order valence-corrected chi connectivity index (χ0v) is 18.5. The molecule has 3 rings (SSSR count). The minimum absolute atomic E-state index is 0.144. The minimum atomic E-state index is -3.58. The second kappa shape index (κ2) is 8.23. The van der Waals surface area contributed by atoms with Crippen LogP contribution in [0.5, 0.6) is 5.75 Å². The third kappa shape index (κ3) is 4.09. The first-order valence-corrected chi connectivity index (χ1v) is 11.2. The van der Waals surface area contributed by atoms with Gasteiger partial charge in [-0.2, -0.15) is 4.31 Å². The van der Waals surface area contributed by atoms with E-state index in [1.165, 1.54) is 4.31 Å². The van der Waals surface area contributed by atoms with Crippen molar-refractivity contribution in [3.63, 3.8) is 0 Å². The van der Waals surface area contributed by atoms with Crippen molar-refractivity contribution in [2.45, 2.75) is 18.7 Å². The van der Waals surface area contributed by atoms with Gasteiger partial charge >= 0.3 is 0 Å². The van der Waals surface area contributed by atoms with Gasteiger partial charge in [0.15, 0.2) is 0 Å². The fraction of sp³-hybridized carbons (Fsp3) is 0.350. The molecule has 1 fully saturated rings. The molecule has 1 aliphatic heterocycles. The fourth-order valence-corrected chi connectivity index (χ4v) is 5.37. The van der Waals surface area contributed by atoms with Crippen molar-refractivity contribution in [3.05, 3.63) is 57.6 Å². The maximum absolute atomic E-state index is 13.0. The lowest BCUT2D eigenvalue weighted by atomic mass is 10.1. The van der Waals surface area contributed by atoms with Crippen LogP contribution >= 0.6 is 15.9 Å². The van der Waals surface area contributed by atoms with Gasteiger partial charge < -0.3 is 9.64 Å². The molecule has 0 atom stereocenters. The van der Waals surface area contributed by atoms with Gasteiger partial charge in [0.05, 0.1) is 17.6 Å². The first-order valence-electron chi connectivity index (χ1n) is 8.94. The first kappa shape index (κ1) is 20.8. The van der Waals surface area contributed by atoms with Gasteiger partial charge in [0, 0.05) is 30.7 Å². The molecule has 2 aromatic rings. The molecule has 1 heterocycles. The minimum Gasteiger partial charge on any atom is -0.497 e. The summed E-state index contributed by atoms with van der Waals surface area (Å²) in [5.41, 5.74) is 2.26. The number of methoxy groups -OCH3 is 1. The van der Waals surface area contributed by atoms with E-state index in [0.29, 0.717) is 33.8 Å². The van der Waals surface area contributed by atoms with Gasteiger partial charge in [0.2, 0.25) is 10.0 Å². The average Bonchev–Trinajstić information content (AvgIpc) is 2.67. The lowest BCUT2D eigenvalue weighted by molar-refractivity contribution is 0.0696. The molecular weight excluding hydrogens is 444 g/mol. The largest absolute Gasteiger partial charge is 0.497 e. The second-order valence-corrected chi connectivity index (χ2v) is 9.57. The molecule has 6 nitrogen and oxygen atoms in total. The Bertz CT molecular complexity index is 999. The monoisotopic (exact) mass is 466 g/mol. The van der Waals surface area contributed by atoms with Crippen molar-refractivity contribution in [2.24, 2.45) is 0 Å². The van der Waals surface area contributed by atoms with E-state index < -0.39 is 10.0 Å². The van der Waals surface area contributed by atoms with E-state index in [1.54, 1.807) is 49.3 Å². The topological polar surface area (TPSA) is 66.9 Å². The van der Waals surface area contributed by atoms with Gasteiger partial charge in [-0.3, -0.25) is 4.79 Å². The molecule has 0 unspecified atom stereocenters. The standard InChI is InChI=1S/C20H23BrN2O4S/c1-14-4-7-19(15(2)12-14)28(25,26)23-10-8-22(9-11-23)20(24)17-13-16(27-3)5-6-18(17)21/h4-7,12-13H,8-11H2,1-3H3. The van der Waals surface area contributed by atoms with E-state index in [9.17, 15) is 13.2 Å². The Morgan fingerprint density at radius 2 is 1.71 bits per heavy atom. The highest BCUT2D eigenvalue weighted by atomic mass is 79.9. The van der Waals surface area contributed by atoms with E-state index in [1.807, 2.05) is 13.0 Å². The number of rotatable bonds is 4. The number of benzene rings is 2. The number of piperazine rings is 1. The molecule has 0 bridgehead atoms. The van der Waals surface area contributed by atoms with Gasteiger partial charge in [-0.1, -0.05) is 17.7 Å². The van der Waals surface area contributed by atoms with E-state index in [-0.39, 0.29) is 19.0 Å². The van der Waals surface area contributed by atoms with Crippen molar-refractivity contribution in [2.75, 3.05) is 33.3 Å². The molecule has 28 heavy (non-hydrogen) atoms. The van der Waals surface area contributed by atoms with Gasteiger partial charge in [-0.05, 0) is 59.6 Å². The number of hydrogen-bond acceptors (Lipinski definition) is 4. The summed E-state index contributed by atoms with van der Waals surface area (Å²) in [6.45, 7) is 4.95. The van der Waals surface area contributed by atoms with Crippen LogP contribution in [0.4, 0.5) is 0 Å². The summed E-state index contributed by atoms with van der Waals surface area (Å²) >= 11 is 3.41. The van der Waals surface area contributed by atoms with Crippen molar-refractivity contribution in [1.82, 2.24) is 9.21 Å². The van der Waals surface area contributed by atoms with Crippen LogP contribution in [0.1, 0.15) is 21.5 Å². The predicted molar refractivity (Wildman–Crippen MR) is 111 cm³/mol. The predicted octanol–water partition coefficient (Wildman–Crippen LogP) is 3.22. The Hall–Kier alpha value is -1.90. The molecule has 1 aliphatic rings. The maximum atomic E-state index is 13.0. The first-order chi connectivity index (χ1) is 13.2. The number of carbonyl (C=O) groups is 1. The Morgan fingerprint density at radius 1 is 1.04 bits per heavy atom. The third-order valence-electron chi connectivity index (χ3n) is 4.88. The summed E-state index contributed by atoms with van der Waals surface area (Å²) in [4.78, 5) is 14.9. The molecule has 0 N–H and O–H groups in total. The highest BCUT2D eigenvalue weighted by Crippen LogP contribution is 2.26. The zero-order chi connectivity index (χ0) is 20.5. The number of hydrogen-bond donors (Lipinski definition) is 0. The SMILES string of the molecule is COc1ccc(Br)c(C(=O)N2CCN(S(=O)(=O)c3ccc(C)cc3C)CC2)c1. The number of halogens is 1. The number of sulfonamides is 1. The van der Waals surface area contributed by atoms with Crippen molar-refractivity contribution in [1.29, 1.82) is 0 Å². The van der Waals surface area contributed by atoms with Crippen molar-refractivity contribution >= 4 is 31.9 Å². The van der Waals surface area contributed by atoms with E-state index in [2.05, 4.69) is 15.9 Å². The molecule has 1 amide bonds. The van der Waals surface area contributed by atoms with Crippen LogP contribution in [0.2, 0.25) is 0 Å². The van der Waals surface area contributed by atoms with Crippen LogP contribution in [0.15, 0.2) is 45.8 Å². The molecule has 0 spiro atoms. The molecule has 1 saturated heterocycles. The third-order valence-corrected chi connectivity index (χ3v) is 7.63. The molecule has 0 radical (unpaired) electrons. The normalized spacial score (nSPS) is 15.5. The van der Waals surface area contributed by atoms with Crippen molar-refractivity contribution < 1.29 is 17.9 Å². The average molecular weight is 467 g/mol. The van der Waals surface area contributed by atoms with Crippen LogP contribution in [-0.4, -0.2) is 56.8 Å². The summed E-state index contributed by atoms with van der Waals surface area (Å²) in [6.07, 6.45) is 0. The highest BCUT2D eigenvalue weighted by Gasteiger charge is 2.31. The Kier molecular flexibility index (Phi) is 6.12. The lowest BCUT2D eigenvalue weighted by Crippen LogP contribution is -2.50. The van der Waals surface area contributed by atoms with Crippen LogP contribution < -0.4 is 4.74 Å². The molecule has 0 aliphatic carbocycles. The zero-order valence-electron chi connectivity index (χ0n) is 16.1. The van der Waals surface area contributed by atoms with Gasteiger partial charge in [0.1, 0.15) is 5.75 Å². The van der Waals surface area contributed by atoms with E-state index >= 15 is 0 Å².